The molecule has 3 amide bonds. The molecule has 0 spiro atoms. The maximum Gasteiger partial charge on any atom is 0.263 e. The molecule has 0 aliphatic carbocycles. The molecular weight excluding hydrogens is 184 g/mol. The van der Waals surface area contributed by atoms with Gasteiger partial charge in [-0.1, -0.05) is 5.57 Å². The van der Waals surface area contributed by atoms with Gasteiger partial charge >= 0.3 is 0 Å². The van der Waals surface area contributed by atoms with Crippen molar-refractivity contribution in [3.05, 3.63) is 22.8 Å². The van der Waals surface area contributed by atoms with Gasteiger partial charge in [0.25, 0.3) is 17.7 Å². The van der Waals surface area contributed by atoms with Crippen LogP contribution in [0.4, 0.5) is 0 Å². The van der Waals surface area contributed by atoms with Gasteiger partial charge in [-0.25, -0.2) is 0 Å². The number of allylic oxidation sites excluding steroid dienone is 1. The zero-order valence-corrected chi connectivity index (χ0v) is 7.88. The zero-order chi connectivity index (χ0) is 10.9. The number of rotatable bonds is 1. The lowest BCUT2D eigenvalue weighted by molar-refractivity contribution is -0.128. The molecule has 3 N–H and O–H groups in total. The molecule has 74 valence electrons. The fraction of sp³-hybridized carbons (Fsp3) is 0.222. The molecule has 0 bridgehead atoms. The minimum absolute atomic E-state index is 0.194. The molecule has 0 radical (unpaired) electrons. The van der Waals surface area contributed by atoms with E-state index in [2.05, 4.69) is 0 Å². The van der Waals surface area contributed by atoms with Gasteiger partial charge in [0.15, 0.2) is 0 Å². The first-order valence-electron chi connectivity index (χ1n) is 3.98. The molecule has 1 aliphatic rings. The summed E-state index contributed by atoms with van der Waals surface area (Å²) in [6.07, 6.45) is 1.22. The van der Waals surface area contributed by atoms with Gasteiger partial charge in [0.1, 0.15) is 5.57 Å². The van der Waals surface area contributed by atoms with E-state index >= 15 is 0 Å². The minimum atomic E-state index is -0.839. The number of hydrogen-bond donors (Lipinski definition) is 2. The molecule has 0 aromatic rings. The summed E-state index contributed by atoms with van der Waals surface area (Å²) in [5.74, 6) is -2.08. The van der Waals surface area contributed by atoms with Gasteiger partial charge in [-0.15, -0.1) is 0 Å². The second-order valence-corrected chi connectivity index (χ2v) is 3.12. The van der Waals surface area contributed by atoms with Crippen molar-refractivity contribution < 1.29 is 14.4 Å². The van der Waals surface area contributed by atoms with Gasteiger partial charge in [-0.05, 0) is 19.9 Å². The standard InChI is InChI=1S/C9H10N2O3/c1-4(2)5-3-6(7(10)12)9(14)11-8(5)13/h3H,1-2H3,(H2,10,12)(H,11,13,14). The summed E-state index contributed by atoms with van der Waals surface area (Å²) >= 11 is 0. The number of nitrogens with two attached hydrogens (primary N) is 1. The first-order valence-corrected chi connectivity index (χ1v) is 3.98. The molecule has 0 aromatic heterocycles. The van der Waals surface area contributed by atoms with Gasteiger partial charge in [0.05, 0.1) is 0 Å². The number of nitrogens with one attached hydrogen (secondary N) is 1. The minimum Gasteiger partial charge on any atom is -0.365 e. The van der Waals surface area contributed by atoms with E-state index in [4.69, 9.17) is 5.73 Å². The van der Waals surface area contributed by atoms with Crippen molar-refractivity contribution >= 4 is 17.7 Å². The molecule has 0 fully saturated rings. The lowest BCUT2D eigenvalue weighted by atomic mass is 10.0. The number of amides is 3. The number of carbonyl (C=O) groups is 3. The number of carbonyl (C=O) groups excluding carboxylic acids is 3. The molecule has 0 atom stereocenters. The van der Waals surface area contributed by atoms with E-state index in [1.165, 1.54) is 6.08 Å². The molecule has 1 heterocycles. The lowest BCUT2D eigenvalue weighted by Gasteiger charge is -2.13. The summed E-state index contributed by atoms with van der Waals surface area (Å²) in [7, 11) is 0. The molecule has 5 nitrogen and oxygen atoms in total. The van der Waals surface area contributed by atoms with Crippen molar-refractivity contribution in [3.63, 3.8) is 0 Å². The molecule has 0 aromatic carbocycles. The van der Waals surface area contributed by atoms with Crippen LogP contribution >= 0.6 is 0 Å². The summed E-state index contributed by atoms with van der Waals surface area (Å²) < 4.78 is 0. The van der Waals surface area contributed by atoms with Crippen LogP contribution in [0, 0.1) is 0 Å². The van der Waals surface area contributed by atoms with Gasteiger partial charge in [-0.3, -0.25) is 19.7 Å². The first kappa shape index (κ1) is 10.2. The highest BCUT2D eigenvalue weighted by Crippen LogP contribution is 2.13. The Labute approximate surface area is 80.6 Å². The highest BCUT2D eigenvalue weighted by atomic mass is 16.2. The maximum absolute atomic E-state index is 11.2. The average Bonchev–Trinajstić information content (AvgIpc) is 2.02. The molecule has 0 saturated carbocycles. The average molecular weight is 194 g/mol. The predicted octanol–water partition coefficient (Wildman–Crippen LogP) is -0.609. The van der Waals surface area contributed by atoms with Crippen LogP contribution in [0.1, 0.15) is 13.8 Å². The van der Waals surface area contributed by atoms with Crippen LogP contribution in [0.3, 0.4) is 0 Å². The third kappa shape index (κ3) is 1.71. The van der Waals surface area contributed by atoms with Gasteiger partial charge in [0.2, 0.25) is 0 Å². The summed E-state index contributed by atoms with van der Waals surface area (Å²) in [4.78, 5) is 33.1. The Balaban J connectivity index is 3.27. The Morgan fingerprint density at radius 1 is 1.29 bits per heavy atom. The number of primary amides is 1. The Morgan fingerprint density at radius 2 is 1.86 bits per heavy atom. The van der Waals surface area contributed by atoms with E-state index in [-0.39, 0.29) is 5.57 Å². The van der Waals surface area contributed by atoms with Crippen LogP contribution in [-0.4, -0.2) is 17.7 Å². The zero-order valence-electron chi connectivity index (χ0n) is 7.88. The van der Waals surface area contributed by atoms with Crippen LogP contribution in [0.25, 0.3) is 0 Å². The molecule has 0 saturated heterocycles. The third-order valence-electron chi connectivity index (χ3n) is 1.81. The fourth-order valence-electron chi connectivity index (χ4n) is 1.07. The molecular formula is C9H10N2O3. The Bertz CT molecular complexity index is 387. The number of imide groups is 1. The van der Waals surface area contributed by atoms with Crippen LogP contribution in [0.15, 0.2) is 22.8 Å². The highest BCUT2D eigenvalue weighted by molar-refractivity contribution is 6.26. The molecule has 1 aliphatic heterocycles. The van der Waals surface area contributed by atoms with Crippen molar-refractivity contribution in [2.75, 3.05) is 0 Å². The van der Waals surface area contributed by atoms with Gasteiger partial charge in [0, 0.05) is 5.57 Å². The van der Waals surface area contributed by atoms with E-state index < -0.39 is 17.7 Å². The molecule has 14 heavy (non-hydrogen) atoms. The quantitative estimate of drug-likeness (QED) is 0.331. The molecule has 1 rings (SSSR count). The Hall–Kier alpha value is -1.91. The summed E-state index contributed by atoms with van der Waals surface area (Å²) in [6.45, 7) is 3.42. The first-order chi connectivity index (χ1) is 6.43. The van der Waals surface area contributed by atoms with E-state index in [9.17, 15) is 14.4 Å². The largest absolute Gasteiger partial charge is 0.365 e. The lowest BCUT2D eigenvalue weighted by Crippen LogP contribution is -2.40. The molecule has 5 heteroatoms. The normalized spacial score (nSPS) is 16.1. The van der Waals surface area contributed by atoms with Crippen LogP contribution in [0.2, 0.25) is 0 Å². The SMILES string of the molecule is CC(C)=C1C=C(C(N)=O)C(=O)NC1=O. The molecule has 0 unspecified atom stereocenters. The van der Waals surface area contributed by atoms with Crippen molar-refractivity contribution in [2.24, 2.45) is 5.73 Å². The van der Waals surface area contributed by atoms with Crippen LogP contribution in [-0.2, 0) is 14.4 Å². The highest BCUT2D eigenvalue weighted by Gasteiger charge is 2.26. The van der Waals surface area contributed by atoms with E-state index in [1.54, 1.807) is 13.8 Å². The predicted molar refractivity (Wildman–Crippen MR) is 48.8 cm³/mol. The van der Waals surface area contributed by atoms with Gasteiger partial charge in [-0.2, -0.15) is 0 Å². The van der Waals surface area contributed by atoms with E-state index in [0.29, 0.717) is 11.1 Å². The summed E-state index contributed by atoms with van der Waals surface area (Å²) in [6, 6.07) is 0. The van der Waals surface area contributed by atoms with Crippen LogP contribution in [0.5, 0.6) is 0 Å². The topological polar surface area (TPSA) is 89.3 Å². The summed E-state index contributed by atoms with van der Waals surface area (Å²) in [5, 5.41) is 2.04. The van der Waals surface area contributed by atoms with E-state index in [0.717, 1.165) is 0 Å². The van der Waals surface area contributed by atoms with Crippen LogP contribution < -0.4 is 11.1 Å². The Morgan fingerprint density at radius 3 is 2.29 bits per heavy atom. The maximum atomic E-state index is 11.2. The monoisotopic (exact) mass is 194 g/mol. The summed E-state index contributed by atoms with van der Waals surface area (Å²) in [5.41, 5.74) is 5.79. The Kier molecular flexibility index (Phi) is 2.51. The van der Waals surface area contributed by atoms with Crippen molar-refractivity contribution in [3.8, 4) is 0 Å². The van der Waals surface area contributed by atoms with Crippen molar-refractivity contribution in [1.82, 2.24) is 5.32 Å². The van der Waals surface area contributed by atoms with Crippen molar-refractivity contribution in [1.29, 1.82) is 0 Å². The second kappa shape index (κ2) is 3.45. The van der Waals surface area contributed by atoms with E-state index in [1.807, 2.05) is 5.32 Å². The smallest absolute Gasteiger partial charge is 0.263 e. The second-order valence-electron chi connectivity index (χ2n) is 3.12. The van der Waals surface area contributed by atoms with Gasteiger partial charge < -0.3 is 5.73 Å². The fourth-order valence-corrected chi connectivity index (χ4v) is 1.07. The number of hydrogen-bond acceptors (Lipinski definition) is 3. The third-order valence-corrected chi connectivity index (χ3v) is 1.81. The van der Waals surface area contributed by atoms with Crippen molar-refractivity contribution in [2.45, 2.75) is 13.8 Å².